The van der Waals surface area contributed by atoms with Crippen molar-refractivity contribution in [3.63, 3.8) is 0 Å². The number of carbonyl (C=O) groups is 1. The second-order valence-corrected chi connectivity index (χ2v) is 11.3. The van der Waals surface area contributed by atoms with Crippen LogP contribution in [0.2, 0.25) is 0 Å². The quantitative estimate of drug-likeness (QED) is 0.163. The first-order chi connectivity index (χ1) is 19.1. The van der Waals surface area contributed by atoms with E-state index in [1.165, 1.54) is 0 Å². The van der Waals surface area contributed by atoms with E-state index < -0.39 is 25.9 Å². The zero-order valence-electron chi connectivity index (χ0n) is 23.4. The summed E-state index contributed by atoms with van der Waals surface area (Å²) in [5.74, 6) is 0.677. The van der Waals surface area contributed by atoms with Crippen LogP contribution in [-0.4, -0.2) is 45.4 Å². The predicted molar refractivity (Wildman–Crippen MR) is 154 cm³/mol. The van der Waals surface area contributed by atoms with Gasteiger partial charge in [-0.05, 0) is 52.8 Å². The molecule has 0 aliphatic rings. The third-order valence-electron chi connectivity index (χ3n) is 5.91. The molecule has 0 saturated heterocycles. The SMILES string of the molecule is CCOCc1nc2c(N)nc3ccccc3c2n1C[C@H](C)O[P@](=O)(N[C@@H](C)C(=O)OC(C)C)Oc1ccccc1. The largest absolute Gasteiger partial charge is 0.462 e. The first kappa shape index (κ1) is 29.5. The molecule has 214 valence electrons. The molecule has 3 atom stereocenters. The smallest absolute Gasteiger partial charge is 0.459 e. The molecule has 3 N–H and O–H groups in total. The number of aromatic nitrogens is 3. The predicted octanol–water partition coefficient (Wildman–Crippen LogP) is 5.23. The Morgan fingerprint density at radius 2 is 1.75 bits per heavy atom. The van der Waals surface area contributed by atoms with Crippen LogP contribution in [0.1, 0.15) is 40.4 Å². The number of rotatable bonds is 13. The molecule has 0 aliphatic carbocycles. The summed E-state index contributed by atoms with van der Waals surface area (Å²) >= 11 is 0. The highest BCUT2D eigenvalue weighted by Crippen LogP contribution is 2.46. The molecule has 4 aromatic rings. The van der Waals surface area contributed by atoms with Gasteiger partial charge in [0.1, 0.15) is 29.7 Å². The standard InChI is InChI=1S/C28H36N5O6P/c1-6-36-17-24-31-25-26(22-14-10-11-15-23(22)30-27(25)29)33(24)16-19(4)38-40(35,39-21-12-8-7-9-13-21)32-20(5)28(34)37-18(2)3/h7-15,18-20H,6,16-17H2,1-5H3,(H2,29,30)(H,32,35)/t19-,20-,40+/m0/s1. The van der Waals surface area contributed by atoms with E-state index in [1.807, 2.05) is 41.8 Å². The molecule has 2 heterocycles. The summed E-state index contributed by atoms with van der Waals surface area (Å²) in [6.45, 7) is 9.67. The van der Waals surface area contributed by atoms with E-state index in [4.69, 9.17) is 29.2 Å². The molecule has 0 fully saturated rings. The van der Waals surface area contributed by atoms with Gasteiger partial charge in [0.25, 0.3) is 0 Å². The number of carbonyl (C=O) groups excluding carboxylic acids is 1. The highest BCUT2D eigenvalue weighted by molar-refractivity contribution is 7.52. The summed E-state index contributed by atoms with van der Waals surface area (Å²) in [7, 11) is -4.08. The molecule has 0 spiro atoms. The third kappa shape index (κ3) is 6.98. The molecule has 0 bridgehead atoms. The summed E-state index contributed by atoms with van der Waals surface area (Å²) in [6, 6.07) is 15.3. The number of nitrogens with two attached hydrogens (primary N) is 1. The zero-order chi connectivity index (χ0) is 28.9. The molecular weight excluding hydrogens is 533 g/mol. The van der Waals surface area contributed by atoms with Gasteiger partial charge < -0.3 is 24.3 Å². The van der Waals surface area contributed by atoms with E-state index in [-0.39, 0.29) is 19.3 Å². The molecule has 11 nitrogen and oxygen atoms in total. The van der Waals surface area contributed by atoms with Gasteiger partial charge in [0, 0.05) is 12.0 Å². The van der Waals surface area contributed by atoms with Crippen LogP contribution < -0.4 is 15.3 Å². The van der Waals surface area contributed by atoms with Crippen molar-refractivity contribution in [1.82, 2.24) is 19.6 Å². The molecule has 0 radical (unpaired) electrons. The van der Waals surface area contributed by atoms with Gasteiger partial charge in [0.05, 0.1) is 29.8 Å². The minimum absolute atomic E-state index is 0.236. The molecule has 40 heavy (non-hydrogen) atoms. The van der Waals surface area contributed by atoms with E-state index >= 15 is 0 Å². The summed E-state index contributed by atoms with van der Waals surface area (Å²) in [4.78, 5) is 21.8. The van der Waals surface area contributed by atoms with Crippen LogP contribution >= 0.6 is 7.75 Å². The van der Waals surface area contributed by atoms with Crippen molar-refractivity contribution in [1.29, 1.82) is 0 Å². The lowest BCUT2D eigenvalue weighted by molar-refractivity contribution is -0.149. The van der Waals surface area contributed by atoms with Crippen molar-refractivity contribution in [2.75, 3.05) is 12.3 Å². The van der Waals surface area contributed by atoms with Gasteiger partial charge in [-0.1, -0.05) is 36.4 Å². The van der Waals surface area contributed by atoms with E-state index in [2.05, 4.69) is 10.1 Å². The number of anilines is 1. The number of hydrogen-bond acceptors (Lipinski definition) is 9. The lowest BCUT2D eigenvalue weighted by Crippen LogP contribution is -2.37. The molecule has 0 unspecified atom stereocenters. The Balaban J connectivity index is 1.68. The number of benzene rings is 2. The number of nitrogens with one attached hydrogen (secondary N) is 1. The Morgan fingerprint density at radius 3 is 2.45 bits per heavy atom. The Labute approximate surface area is 233 Å². The van der Waals surface area contributed by atoms with Gasteiger partial charge in [-0.15, -0.1) is 0 Å². The van der Waals surface area contributed by atoms with E-state index in [1.54, 1.807) is 52.0 Å². The molecule has 4 rings (SSSR count). The number of hydrogen-bond donors (Lipinski definition) is 2. The average Bonchev–Trinajstić information content (AvgIpc) is 3.26. The average molecular weight is 570 g/mol. The summed E-state index contributed by atoms with van der Waals surface area (Å²) in [6.07, 6.45) is -0.998. The van der Waals surface area contributed by atoms with Gasteiger partial charge in [0.15, 0.2) is 5.82 Å². The van der Waals surface area contributed by atoms with Crippen LogP contribution in [0.5, 0.6) is 5.75 Å². The summed E-state index contributed by atoms with van der Waals surface area (Å²) in [5, 5.41) is 3.60. The Hall–Kier alpha value is -3.50. The normalized spacial score (nSPS) is 14.8. The van der Waals surface area contributed by atoms with Crippen molar-refractivity contribution in [3.05, 3.63) is 60.4 Å². The molecule has 0 amide bonds. The van der Waals surface area contributed by atoms with Gasteiger partial charge in [-0.25, -0.2) is 14.5 Å². The molecule has 0 saturated carbocycles. The fourth-order valence-corrected chi connectivity index (χ4v) is 5.93. The molecular formula is C28H36N5O6P. The number of esters is 1. The van der Waals surface area contributed by atoms with Gasteiger partial charge in [-0.2, -0.15) is 5.09 Å². The first-order valence-electron chi connectivity index (χ1n) is 13.2. The molecule has 2 aromatic carbocycles. The van der Waals surface area contributed by atoms with Gasteiger partial charge in [0.2, 0.25) is 0 Å². The molecule has 2 aromatic heterocycles. The summed E-state index contributed by atoms with van der Waals surface area (Å²) < 4.78 is 38.9. The first-order valence-corrected chi connectivity index (χ1v) is 14.8. The van der Waals surface area contributed by atoms with Crippen LogP contribution in [0.4, 0.5) is 5.82 Å². The van der Waals surface area contributed by atoms with E-state index in [0.717, 1.165) is 16.4 Å². The maximum absolute atomic E-state index is 14.1. The van der Waals surface area contributed by atoms with Crippen molar-refractivity contribution in [3.8, 4) is 5.75 Å². The van der Waals surface area contributed by atoms with E-state index in [0.29, 0.717) is 29.5 Å². The fraction of sp³-hybridized carbons (Fsp3) is 0.393. The third-order valence-corrected chi connectivity index (χ3v) is 7.70. The number of imidazole rings is 1. The number of pyridine rings is 1. The number of para-hydroxylation sites is 2. The number of ether oxygens (including phenoxy) is 2. The van der Waals surface area contributed by atoms with Crippen molar-refractivity contribution in [2.24, 2.45) is 0 Å². The number of nitrogen functional groups attached to an aromatic ring is 1. The Morgan fingerprint density at radius 1 is 1.05 bits per heavy atom. The highest BCUT2D eigenvalue weighted by atomic mass is 31.2. The highest BCUT2D eigenvalue weighted by Gasteiger charge is 2.35. The van der Waals surface area contributed by atoms with Crippen molar-refractivity contribution >= 4 is 41.5 Å². The zero-order valence-corrected chi connectivity index (χ0v) is 24.3. The van der Waals surface area contributed by atoms with Crippen LogP contribution in [0, 0.1) is 0 Å². The lowest BCUT2D eigenvalue weighted by Gasteiger charge is -2.26. The van der Waals surface area contributed by atoms with Crippen LogP contribution in [0.15, 0.2) is 54.6 Å². The van der Waals surface area contributed by atoms with Gasteiger partial charge >= 0.3 is 13.7 Å². The van der Waals surface area contributed by atoms with Gasteiger partial charge in [-0.3, -0.25) is 9.32 Å². The lowest BCUT2D eigenvalue weighted by atomic mass is 10.2. The van der Waals surface area contributed by atoms with E-state index in [9.17, 15) is 9.36 Å². The second kappa shape index (κ2) is 12.8. The van der Waals surface area contributed by atoms with Crippen molar-refractivity contribution < 1.29 is 27.9 Å². The number of nitrogens with zero attached hydrogens (tertiary/aromatic N) is 3. The summed E-state index contributed by atoms with van der Waals surface area (Å²) in [5.41, 5.74) is 8.34. The Bertz CT molecular complexity index is 1510. The maximum Gasteiger partial charge on any atom is 0.459 e. The molecule has 12 heteroatoms. The maximum atomic E-state index is 14.1. The fourth-order valence-electron chi connectivity index (χ4n) is 4.26. The minimum Gasteiger partial charge on any atom is -0.462 e. The monoisotopic (exact) mass is 569 g/mol. The minimum atomic E-state index is -4.08. The van der Waals surface area contributed by atoms with Crippen LogP contribution in [0.3, 0.4) is 0 Å². The second-order valence-electron chi connectivity index (χ2n) is 9.64. The van der Waals surface area contributed by atoms with Crippen LogP contribution in [0.25, 0.3) is 21.9 Å². The van der Waals surface area contributed by atoms with Crippen molar-refractivity contribution in [2.45, 2.75) is 66.0 Å². The Kier molecular flexibility index (Phi) is 9.42. The number of fused-ring (bicyclic) bond motifs is 3. The molecule has 0 aliphatic heterocycles. The van der Waals surface area contributed by atoms with Crippen LogP contribution in [-0.2, 0) is 36.5 Å². The topological polar surface area (TPSA) is 140 Å².